The van der Waals surface area contributed by atoms with Crippen LogP contribution in [0.3, 0.4) is 0 Å². The van der Waals surface area contributed by atoms with Gasteiger partial charge in [0.1, 0.15) is 11.3 Å². The van der Waals surface area contributed by atoms with Crippen LogP contribution in [-0.4, -0.2) is 46.4 Å². The van der Waals surface area contributed by atoms with Gasteiger partial charge in [-0.05, 0) is 63.8 Å². The number of alkyl halides is 3. The van der Waals surface area contributed by atoms with Crippen molar-refractivity contribution in [2.75, 3.05) is 11.9 Å². The molecule has 0 bridgehead atoms. The number of rotatable bonds is 8. The van der Waals surface area contributed by atoms with Gasteiger partial charge in [-0.15, -0.1) is 0 Å². The first kappa shape index (κ1) is 30.5. The van der Waals surface area contributed by atoms with Gasteiger partial charge in [0.2, 0.25) is 0 Å². The highest BCUT2D eigenvalue weighted by molar-refractivity contribution is 5.99. The van der Waals surface area contributed by atoms with Crippen molar-refractivity contribution in [3.63, 3.8) is 0 Å². The maximum absolute atomic E-state index is 12.7. The number of halogens is 3. The van der Waals surface area contributed by atoms with E-state index < -0.39 is 29.7 Å². The lowest BCUT2D eigenvalue weighted by atomic mass is 10.1. The summed E-state index contributed by atoms with van der Waals surface area (Å²) in [6.07, 6.45) is -3.60. The molecule has 0 saturated heterocycles. The molecule has 0 radical (unpaired) electrons. The highest BCUT2D eigenvalue weighted by atomic mass is 19.4. The van der Waals surface area contributed by atoms with Crippen LogP contribution < -0.4 is 5.32 Å². The molecule has 0 aliphatic rings. The number of esters is 2. The number of ether oxygens (including phenoxy) is 2. The number of aromatic amines is 1. The molecule has 1 aromatic heterocycles. The number of hydrogen-bond donors (Lipinski definition) is 3. The Morgan fingerprint density at radius 2 is 1.53 bits per heavy atom. The van der Waals surface area contributed by atoms with E-state index in [4.69, 9.17) is 19.4 Å². The van der Waals surface area contributed by atoms with E-state index in [1.807, 2.05) is 39.8 Å². The van der Waals surface area contributed by atoms with Gasteiger partial charge in [-0.25, -0.2) is 14.4 Å². The second kappa shape index (κ2) is 13.0. The molecule has 36 heavy (non-hydrogen) atoms. The van der Waals surface area contributed by atoms with E-state index in [1.54, 1.807) is 6.92 Å². The summed E-state index contributed by atoms with van der Waals surface area (Å²) in [5.74, 6) is -3.67. The SMILES string of the molecule is CCOC(=O)c1c(CNc2ccc(CC)cc2)[nH]c(C(=O)OC(C)(C)C)c1CC.O=C(O)C(F)(F)F. The summed E-state index contributed by atoms with van der Waals surface area (Å²) in [6, 6.07) is 8.13. The number of hydrogen-bond acceptors (Lipinski definition) is 6. The van der Waals surface area contributed by atoms with E-state index in [0.29, 0.717) is 35.5 Å². The van der Waals surface area contributed by atoms with E-state index in [9.17, 15) is 22.8 Å². The van der Waals surface area contributed by atoms with Gasteiger partial charge in [0.05, 0.1) is 18.7 Å². The number of carboxylic acid groups (broad SMARTS) is 1. The Bertz CT molecular complexity index is 1040. The van der Waals surface area contributed by atoms with Crippen LogP contribution in [0.4, 0.5) is 18.9 Å². The fraction of sp³-hybridized carbons (Fsp3) is 0.480. The summed E-state index contributed by atoms with van der Waals surface area (Å²) >= 11 is 0. The van der Waals surface area contributed by atoms with Crippen LogP contribution >= 0.6 is 0 Å². The normalized spacial score (nSPS) is 11.2. The summed E-state index contributed by atoms with van der Waals surface area (Å²) in [4.78, 5) is 37.4. The third-order valence-corrected chi connectivity index (χ3v) is 4.69. The molecule has 0 aliphatic carbocycles. The van der Waals surface area contributed by atoms with Gasteiger partial charge in [-0.2, -0.15) is 13.2 Å². The van der Waals surface area contributed by atoms with Gasteiger partial charge < -0.3 is 24.9 Å². The van der Waals surface area contributed by atoms with Gasteiger partial charge in [0.15, 0.2) is 0 Å². The number of anilines is 1. The number of carbonyl (C=O) groups excluding carboxylic acids is 2. The summed E-state index contributed by atoms with van der Waals surface area (Å²) in [5.41, 5.74) is 3.51. The van der Waals surface area contributed by atoms with E-state index in [2.05, 4.69) is 29.4 Å². The van der Waals surface area contributed by atoms with Crippen LogP contribution in [-0.2, 0) is 33.7 Å². The van der Waals surface area contributed by atoms with Crippen LogP contribution in [0.15, 0.2) is 24.3 Å². The van der Waals surface area contributed by atoms with Crippen LogP contribution in [0.25, 0.3) is 0 Å². The zero-order valence-electron chi connectivity index (χ0n) is 21.3. The van der Waals surface area contributed by atoms with Crippen LogP contribution in [0.5, 0.6) is 0 Å². The quantitative estimate of drug-likeness (QED) is 0.397. The van der Waals surface area contributed by atoms with E-state index in [0.717, 1.165) is 12.1 Å². The molecule has 2 aromatic rings. The number of H-pyrrole nitrogens is 1. The third kappa shape index (κ3) is 9.27. The largest absolute Gasteiger partial charge is 0.490 e. The predicted molar refractivity (Wildman–Crippen MR) is 128 cm³/mol. The maximum atomic E-state index is 12.7. The molecule has 0 saturated carbocycles. The molecule has 200 valence electrons. The topological polar surface area (TPSA) is 118 Å². The molecule has 8 nitrogen and oxygen atoms in total. The monoisotopic (exact) mass is 514 g/mol. The van der Waals surface area contributed by atoms with Crippen LogP contribution in [0.2, 0.25) is 0 Å². The minimum atomic E-state index is -5.08. The Labute approximate surface area is 208 Å². The highest BCUT2D eigenvalue weighted by Gasteiger charge is 2.38. The Hall–Kier alpha value is -3.50. The molecular formula is C25H33F3N2O6. The number of aliphatic carboxylic acids is 1. The second-order valence-corrected chi connectivity index (χ2v) is 8.61. The number of nitrogens with one attached hydrogen (secondary N) is 2. The number of benzene rings is 1. The van der Waals surface area contributed by atoms with Gasteiger partial charge in [0, 0.05) is 11.4 Å². The minimum absolute atomic E-state index is 0.264. The number of aryl methyl sites for hydroxylation is 1. The molecule has 0 amide bonds. The molecule has 2 rings (SSSR count). The second-order valence-electron chi connectivity index (χ2n) is 8.61. The van der Waals surface area contributed by atoms with E-state index in [-0.39, 0.29) is 6.61 Å². The zero-order chi connectivity index (χ0) is 27.7. The molecule has 0 spiro atoms. The zero-order valence-corrected chi connectivity index (χ0v) is 21.3. The Morgan fingerprint density at radius 3 is 1.94 bits per heavy atom. The van der Waals surface area contributed by atoms with Crippen molar-refractivity contribution in [1.82, 2.24) is 4.98 Å². The van der Waals surface area contributed by atoms with Crippen LogP contribution in [0, 0.1) is 0 Å². The molecule has 0 aliphatic heterocycles. The number of carboxylic acids is 1. The summed E-state index contributed by atoms with van der Waals surface area (Å²) in [7, 11) is 0. The molecule has 11 heteroatoms. The van der Waals surface area contributed by atoms with Gasteiger partial charge in [-0.3, -0.25) is 0 Å². The first-order valence-corrected chi connectivity index (χ1v) is 11.4. The summed E-state index contributed by atoms with van der Waals surface area (Å²) < 4.78 is 42.5. The van der Waals surface area contributed by atoms with Crippen molar-refractivity contribution in [1.29, 1.82) is 0 Å². The van der Waals surface area contributed by atoms with Crippen LogP contribution in [0.1, 0.15) is 79.2 Å². The molecule has 0 unspecified atom stereocenters. The lowest BCUT2D eigenvalue weighted by Crippen LogP contribution is -2.24. The van der Waals surface area contributed by atoms with Crippen molar-refractivity contribution in [3.8, 4) is 0 Å². The van der Waals surface area contributed by atoms with E-state index >= 15 is 0 Å². The Balaban J connectivity index is 0.000000809. The van der Waals surface area contributed by atoms with Gasteiger partial charge >= 0.3 is 24.1 Å². The average Bonchev–Trinajstić information content (AvgIpc) is 3.15. The lowest BCUT2D eigenvalue weighted by Gasteiger charge is -2.19. The molecule has 1 heterocycles. The lowest BCUT2D eigenvalue weighted by molar-refractivity contribution is -0.192. The van der Waals surface area contributed by atoms with Crippen molar-refractivity contribution < 1.29 is 42.1 Å². The minimum Gasteiger partial charge on any atom is -0.475 e. The molecular weight excluding hydrogens is 481 g/mol. The molecule has 3 N–H and O–H groups in total. The smallest absolute Gasteiger partial charge is 0.475 e. The summed E-state index contributed by atoms with van der Waals surface area (Å²) in [6.45, 7) is 11.8. The Morgan fingerprint density at radius 1 is 0.972 bits per heavy atom. The molecule has 0 fully saturated rings. The fourth-order valence-corrected chi connectivity index (χ4v) is 3.08. The molecule has 1 aromatic carbocycles. The fourth-order valence-electron chi connectivity index (χ4n) is 3.08. The first-order chi connectivity index (χ1) is 16.6. The van der Waals surface area contributed by atoms with Crippen molar-refractivity contribution in [2.45, 2.75) is 72.7 Å². The standard InChI is InChI=1S/C23H32N2O4.C2HF3O2/c1-7-15-10-12-16(13-11-15)24-14-18-19(21(26)28-9-3)17(8-2)20(25-18)22(27)29-23(4,5)6;3-2(4,5)1(6)7/h10-13,24-25H,7-9,14H2,1-6H3;(H,6,7). The number of carbonyl (C=O) groups is 3. The number of aromatic nitrogens is 1. The maximum Gasteiger partial charge on any atom is 0.490 e. The van der Waals surface area contributed by atoms with Crippen molar-refractivity contribution in [3.05, 3.63) is 52.3 Å². The third-order valence-electron chi connectivity index (χ3n) is 4.69. The van der Waals surface area contributed by atoms with Gasteiger partial charge in [-0.1, -0.05) is 26.0 Å². The van der Waals surface area contributed by atoms with E-state index in [1.165, 1.54) is 5.56 Å². The predicted octanol–water partition coefficient (Wildman–Crippen LogP) is 5.52. The van der Waals surface area contributed by atoms with Gasteiger partial charge in [0.25, 0.3) is 0 Å². The Kier molecular flexibility index (Phi) is 11.0. The van der Waals surface area contributed by atoms with Crippen molar-refractivity contribution >= 4 is 23.6 Å². The average molecular weight is 515 g/mol. The highest BCUT2D eigenvalue weighted by Crippen LogP contribution is 2.25. The molecule has 0 atom stereocenters. The van der Waals surface area contributed by atoms with Crippen molar-refractivity contribution in [2.24, 2.45) is 0 Å². The summed E-state index contributed by atoms with van der Waals surface area (Å²) in [5, 5.41) is 10.4. The first-order valence-electron chi connectivity index (χ1n) is 11.4.